The molecule has 0 atom stereocenters. The third-order valence-corrected chi connectivity index (χ3v) is 2.87. The number of hydrogen-bond donors (Lipinski definition) is 0. The van der Waals surface area contributed by atoms with E-state index in [4.69, 9.17) is 9.16 Å². The first-order valence-electron chi connectivity index (χ1n) is 4.06. The maximum atomic E-state index is 10.9. The van der Waals surface area contributed by atoms with Crippen LogP contribution in [0.1, 0.15) is 0 Å². The maximum absolute atomic E-state index is 10.9. The molecule has 0 fully saturated rings. The molecule has 0 N–H and O–H groups in total. The highest BCUT2D eigenvalue weighted by atomic mass is 28.4. The lowest BCUT2D eigenvalue weighted by molar-refractivity contribution is -0.137. The first-order chi connectivity index (χ1) is 6.41. The molecule has 0 aromatic carbocycles. The molecule has 0 aliphatic rings. The number of carbonyl (C=O) groups is 2. The fraction of sp³-hybridized carbons (Fsp3) is 0.333. The van der Waals surface area contributed by atoms with E-state index in [2.05, 4.69) is 13.2 Å². The molecule has 14 heavy (non-hydrogen) atoms. The highest BCUT2D eigenvalue weighted by Gasteiger charge is 2.27. The fourth-order valence-corrected chi connectivity index (χ4v) is 1.82. The second-order valence-corrected chi connectivity index (χ2v) is 7.21. The van der Waals surface area contributed by atoms with Gasteiger partial charge in [-0.2, -0.15) is 0 Å². The molecule has 0 bridgehead atoms. The van der Waals surface area contributed by atoms with Crippen molar-refractivity contribution in [3.05, 3.63) is 25.3 Å². The molecule has 0 unspecified atom stereocenters. The van der Waals surface area contributed by atoms with Gasteiger partial charge < -0.3 is 9.16 Å². The van der Waals surface area contributed by atoms with Crippen LogP contribution in [0.4, 0.5) is 0 Å². The van der Waals surface area contributed by atoms with Crippen molar-refractivity contribution in [3.8, 4) is 0 Å². The topological polar surface area (TPSA) is 52.6 Å². The summed E-state index contributed by atoms with van der Waals surface area (Å²) in [6.45, 7) is 10.1. The van der Waals surface area contributed by atoms with Crippen molar-refractivity contribution in [1.29, 1.82) is 0 Å². The number of rotatable bonds is 5. The number of hydrogen-bond acceptors (Lipinski definition) is 4. The zero-order valence-corrected chi connectivity index (χ0v) is 9.41. The average Bonchev–Trinajstić information content (AvgIpc) is 2.13. The molecule has 0 radical (unpaired) electrons. The van der Waals surface area contributed by atoms with Gasteiger partial charge in [0, 0.05) is 12.2 Å². The first-order valence-corrected chi connectivity index (χ1v) is 7.17. The lowest BCUT2D eigenvalue weighted by Crippen LogP contribution is -2.39. The monoisotopic (exact) mass is 214 g/mol. The molecule has 0 rings (SSSR count). The van der Waals surface area contributed by atoms with Crippen molar-refractivity contribution in [3.63, 3.8) is 0 Å². The maximum Gasteiger partial charge on any atom is 0.329 e. The van der Waals surface area contributed by atoms with E-state index in [1.54, 1.807) is 13.1 Å². The Kier molecular flexibility index (Phi) is 4.86. The quantitative estimate of drug-likeness (QED) is 0.392. The van der Waals surface area contributed by atoms with Crippen molar-refractivity contribution >= 4 is 20.3 Å². The van der Waals surface area contributed by atoms with Crippen molar-refractivity contribution in [2.24, 2.45) is 0 Å². The van der Waals surface area contributed by atoms with Gasteiger partial charge in [0.25, 0.3) is 8.32 Å². The van der Waals surface area contributed by atoms with Crippen molar-refractivity contribution < 1.29 is 18.8 Å². The molecule has 0 aliphatic heterocycles. The Hall–Kier alpha value is -1.36. The molecule has 0 saturated heterocycles. The molecule has 0 aliphatic carbocycles. The van der Waals surface area contributed by atoms with Crippen molar-refractivity contribution in [1.82, 2.24) is 0 Å². The van der Waals surface area contributed by atoms with Crippen LogP contribution in [-0.4, -0.2) is 26.5 Å². The first kappa shape index (κ1) is 12.6. The minimum Gasteiger partial charge on any atom is -0.513 e. The van der Waals surface area contributed by atoms with Gasteiger partial charge in [-0.25, -0.2) is 9.59 Å². The molecule has 4 nitrogen and oxygen atoms in total. The molecule has 78 valence electrons. The zero-order chi connectivity index (χ0) is 11.2. The number of ether oxygens (including phenoxy) is 1. The van der Waals surface area contributed by atoms with Crippen molar-refractivity contribution in [2.75, 3.05) is 6.23 Å². The highest BCUT2D eigenvalue weighted by Crippen LogP contribution is 2.05. The lowest BCUT2D eigenvalue weighted by Gasteiger charge is -2.20. The lowest BCUT2D eigenvalue weighted by atomic mass is 10.7. The molecule has 0 amide bonds. The van der Waals surface area contributed by atoms with Gasteiger partial charge >= 0.3 is 11.9 Å². The van der Waals surface area contributed by atoms with E-state index in [0.717, 1.165) is 12.2 Å². The molecule has 0 heterocycles. The van der Waals surface area contributed by atoms with Crippen LogP contribution in [0.25, 0.3) is 0 Å². The van der Waals surface area contributed by atoms with E-state index in [9.17, 15) is 9.59 Å². The normalized spacial score (nSPS) is 10.1. The Morgan fingerprint density at radius 3 is 2.14 bits per heavy atom. The SMILES string of the molecule is C=CC(=O)OC[Si](C)(C)OC(=O)C=C. The van der Waals surface area contributed by atoms with E-state index in [1.165, 1.54) is 0 Å². The van der Waals surface area contributed by atoms with Crippen LogP contribution in [0.3, 0.4) is 0 Å². The predicted molar refractivity (Wildman–Crippen MR) is 54.9 cm³/mol. The molecular weight excluding hydrogens is 200 g/mol. The van der Waals surface area contributed by atoms with E-state index >= 15 is 0 Å². The second-order valence-electron chi connectivity index (χ2n) is 3.20. The summed E-state index contributed by atoms with van der Waals surface area (Å²) in [7, 11) is -2.28. The summed E-state index contributed by atoms with van der Waals surface area (Å²) >= 11 is 0. The summed E-state index contributed by atoms with van der Waals surface area (Å²) in [4.78, 5) is 21.6. The predicted octanol–water partition coefficient (Wildman–Crippen LogP) is 1.19. The van der Waals surface area contributed by atoms with E-state index in [1.807, 2.05) is 0 Å². The van der Waals surface area contributed by atoms with Gasteiger partial charge in [-0.15, -0.1) is 0 Å². The minimum atomic E-state index is -2.28. The Bertz CT molecular complexity index is 258. The van der Waals surface area contributed by atoms with Gasteiger partial charge in [0.05, 0.1) is 0 Å². The van der Waals surface area contributed by atoms with Crippen LogP contribution in [0, 0.1) is 0 Å². The van der Waals surface area contributed by atoms with Crippen LogP contribution in [0.15, 0.2) is 25.3 Å². The summed E-state index contributed by atoms with van der Waals surface area (Å²) in [6, 6.07) is 0. The molecular formula is C9H14O4Si. The second kappa shape index (κ2) is 5.38. The molecule has 0 aromatic rings. The Labute approximate surface area is 84.3 Å². The Balaban J connectivity index is 4.06. The summed E-state index contributed by atoms with van der Waals surface area (Å²) in [5, 5.41) is 0. The summed E-state index contributed by atoms with van der Waals surface area (Å²) in [5.74, 6) is -1.00. The summed E-state index contributed by atoms with van der Waals surface area (Å²) in [5.41, 5.74) is 0. The third kappa shape index (κ3) is 5.31. The van der Waals surface area contributed by atoms with Crippen molar-refractivity contribution in [2.45, 2.75) is 13.1 Å². The summed E-state index contributed by atoms with van der Waals surface area (Å²) in [6.07, 6.45) is 2.28. The number of carbonyl (C=O) groups excluding carboxylic acids is 2. The molecule has 0 aromatic heterocycles. The van der Waals surface area contributed by atoms with Gasteiger partial charge in [-0.3, -0.25) is 0 Å². The smallest absolute Gasteiger partial charge is 0.329 e. The van der Waals surface area contributed by atoms with Crippen LogP contribution in [-0.2, 0) is 18.8 Å². The van der Waals surface area contributed by atoms with Gasteiger partial charge in [0.2, 0.25) is 0 Å². The molecule has 5 heteroatoms. The van der Waals surface area contributed by atoms with Gasteiger partial charge in [0.15, 0.2) is 0 Å². The van der Waals surface area contributed by atoms with E-state index in [0.29, 0.717) is 0 Å². The zero-order valence-electron chi connectivity index (χ0n) is 8.41. The van der Waals surface area contributed by atoms with Crippen LogP contribution in [0.2, 0.25) is 13.1 Å². The van der Waals surface area contributed by atoms with Crippen LogP contribution >= 0.6 is 0 Å². The Morgan fingerprint density at radius 2 is 1.71 bits per heavy atom. The number of esters is 1. The van der Waals surface area contributed by atoms with Gasteiger partial charge in [-0.05, 0) is 13.1 Å². The largest absolute Gasteiger partial charge is 0.513 e. The standard InChI is InChI=1S/C9H14O4Si/c1-5-8(10)12-7-14(3,4)13-9(11)6-2/h5-6H,1-2,7H2,3-4H3. The third-order valence-electron chi connectivity index (χ3n) is 1.27. The van der Waals surface area contributed by atoms with Crippen LogP contribution < -0.4 is 0 Å². The Morgan fingerprint density at radius 1 is 1.21 bits per heavy atom. The average molecular weight is 214 g/mol. The molecule has 0 saturated carbocycles. The summed E-state index contributed by atoms with van der Waals surface area (Å²) < 4.78 is 9.85. The minimum absolute atomic E-state index is 0.122. The van der Waals surface area contributed by atoms with Crippen LogP contribution in [0.5, 0.6) is 0 Å². The highest BCUT2D eigenvalue weighted by molar-refractivity contribution is 6.72. The van der Waals surface area contributed by atoms with E-state index in [-0.39, 0.29) is 6.23 Å². The fourth-order valence-electron chi connectivity index (χ4n) is 0.647. The molecule has 0 spiro atoms. The van der Waals surface area contributed by atoms with Gasteiger partial charge in [0.1, 0.15) is 6.23 Å². The van der Waals surface area contributed by atoms with Gasteiger partial charge in [-0.1, -0.05) is 13.2 Å². The van der Waals surface area contributed by atoms with E-state index < -0.39 is 20.3 Å².